The van der Waals surface area contributed by atoms with Gasteiger partial charge < -0.3 is 10.0 Å². The lowest BCUT2D eigenvalue weighted by Gasteiger charge is -2.37. The Labute approximate surface area is 107 Å². The summed E-state index contributed by atoms with van der Waals surface area (Å²) in [7, 11) is 0. The van der Waals surface area contributed by atoms with Crippen molar-refractivity contribution in [2.24, 2.45) is 5.92 Å². The van der Waals surface area contributed by atoms with Crippen LogP contribution in [0.1, 0.15) is 37.0 Å². The third kappa shape index (κ3) is 2.56. The molecule has 2 heterocycles. The highest BCUT2D eigenvalue weighted by Crippen LogP contribution is 2.23. The van der Waals surface area contributed by atoms with Gasteiger partial charge in [0.25, 0.3) is 5.91 Å². The highest BCUT2D eigenvalue weighted by Gasteiger charge is 2.29. The van der Waals surface area contributed by atoms with Crippen LogP contribution >= 0.6 is 0 Å². The lowest BCUT2D eigenvalue weighted by Crippen LogP contribution is -2.46. The van der Waals surface area contributed by atoms with Crippen molar-refractivity contribution in [3.8, 4) is 0 Å². The van der Waals surface area contributed by atoms with Gasteiger partial charge in [0, 0.05) is 31.9 Å². The quantitative estimate of drug-likeness (QED) is 0.876. The molecule has 0 bridgehead atoms. The number of nitrogens with zero attached hydrogens (tertiary/aromatic N) is 3. The summed E-state index contributed by atoms with van der Waals surface area (Å²) in [5.74, 6) is 0.242. The van der Waals surface area contributed by atoms with Gasteiger partial charge in [0.15, 0.2) is 0 Å². The molecule has 1 aromatic heterocycles. The summed E-state index contributed by atoms with van der Waals surface area (Å²) in [6, 6.07) is 0.241. The number of aromatic nitrogens is 2. The van der Waals surface area contributed by atoms with Crippen molar-refractivity contribution >= 4 is 5.91 Å². The van der Waals surface area contributed by atoms with Gasteiger partial charge in [-0.3, -0.25) is 9.48 Å². The molecule has 0 radical (unpaired) electrons. The first-order chi connectivity index (χ1) is 8.65. The Kier molecular flexibility index (Phi) is 4.01. The summed E-state index contributed by atoms with van der Waals surface area (Å²) in [6.07, 6.45) is 5.37. The monoisotopic (exact) mass is 251 g/mol. The van der Waals surface area contributed by atoms with Gasteiger partial charge >= 0.3 is 0 Å². The molecule has 5 heteroatoms. The Hall–Kier alpha value is -1.36. The van der Waals surface area contributed by atoms with Crippen molar-refractivity contribution in [3.05, 3.63) is 18.0 Å². The lowest BCUT2D eigenvalue weighted by atomic mass is 9.93. The molecule has 1 aliphatic heterocycles. The highest BCUT2D eigenvalue weighted by atomic mass is 16.3. The smallest absolute Gasteiger partial charge is 0.257 e. The second-order valence-electron chi connectivity index (χ2n) is 5.02. The van der Waals surface area contributed by atoms with Crippen LogP contribution in [0.2, 0.25) is 0 Å². The van der Waals surface area contributed by atoms with Crippen LogP contribution in [0.5, 0.6) is 0 Å². The van der Waals surface area contributed by atoms with Gasteiger partial charge in [-0.15, -0.1) is 0 Å². The standard InChI is InChI=1S/C13H21N3O2/c1-3-15-8-12(6-14-15)13(18)16-7-11(9-17)5-4-10(16)2/h6,8,10-11,17H,3-5,7,9H2,1-2H3. The fraction of sp³-hybridized carbons (Fsp3) is 0.692. The topological polar surface area (TPSA) is 58.4 Å². The number of aliphatic hydroxyl groups is 1. The normalized spacial score (nSPS) is 24.3. The predicted octanol–water partition coefficient (Wildman–Crippen LogP) is 1.14. The first-order valence-electron chi connectivity index (χ1n) is 6.60. The highest BCUT2D eigenvalue weighted by molar-refractivity contribution is 5.94. The van der Waals surface area contributed by atoms with E-state index in [1.807, 2.05) is 11.8 Å². The van der Waals surface area contributed by atoms with Gasteiger partial charge in [0.2, 0.25) is 0 Å². The Balaban J connectivity index is 2.11. The van der Waals surface area contributed by atoms with E-state index in [4.69, 9.17) is 0 Å². The van der Waals surface area contributed by atoms with Gasteiger partial charge in [0.05, 0.1) is 11.8 Å². The average Bonchev–Trinajstić information content (AvgIpc) is 2.87. The van der Waals surface area contributed by atoms with Crippen LogP contribution in [0.3, 0.4) is 0 Å². The third-order valence-electron chi connectivity index (χ3n) is 3.70. The van der Waals surface area contributed by atoms with Crippen LogP contribution in [0.4, 0.5) is 0 Å². The van der Waals surface area contributed by atoms with E-state index in [2.05, 4.69) is 12.0 Å². The molecule has 2 atom stereocenters. The molecule has 0 aliphatic carbocycles. The summed E-state index contributed by atoms with van der Waals surface area (Å²) >= 11 is 0. The minimum absolute atomic E-state index is 0.0281. The molecule has 1 saturated heterocycles. The zero-order valence-corrected chi connectivity index (χ0v) is 11.0. The second-order valence-corrected chi connectivity index (χ2v) is 5.02. The largest absolute Gasteiger partial charge is 0.396 e. The molecule has 1 aromatic rings. The zero-order valence-electron chi connectivity index (χ0n) is 11.0. The number of likely N-dealkylation sites (tertiary alicyclic amines) is 1. The fourth-order valence-electron chi connectivity index (χ4n) is 2.43. The summed E-state index contributed by atoms with van der Waals surface area (Å²) in [6.45, 7) is 5.63. The molecule has 1 amide bonds. The van der Waals surface area contributed by atoms with Crippen LogP contribution in [0, 0.1) is 5.92 Å². The summed E-state index contributed by atoms with van der Waals surface area (Å²) in [5.41, 5.74) is 0.641. The van der Waals surface area contributed by atoms with Crippen LogP contribution in [0.15, 0.2) is 12.4 Å². The fourth-order valence-corrected chi connectivity index (χ4v) is 2.43. The molecule has 1 fully saturated rings. The first kappa shape index (κ1) is 13.1. The van der Waals surface area contributed by atoms with Crippen LogP contribution in [0.25, 0.3) is 0 Å². The molecule has 18 heavy (non-hydrogen) atoms. The summed E-state index contributed by atoms with van der Waals surface area (Å²) < 4.78 is 1.76. The molecule has 100 valence electrons. The van der Waals surface area contributed by atoms with Crippen molar-refractivity contribution in [1.29, 1.82) is 0 Å². The van der Waals surface area contributed by atoms with Gasteiger partial charge in [-0.2, -0.15) is 5.10 Å². The average molecular weight is 251 g/mol. The van der Waals surface area contributed by atoms with Crippen LogP contribution < -0.4 is 0 Å². The first-order valence-corrected chi connectivity index (χ1v) is 6.60. The van der Waals surface area contributed by atoms with Gasteiger partial charge in [0.1, 0.15) is 0 Å². The van der Waals surface area contributed by atoms with Crippen LogP contribution in [-0.2, 0) is 6.54 Å². The molecule has 1 aliphatic rings. The number of hydrogen-bond acceptors (Lipinski definition) is 3. The van der Waals surface area contributed by atoms with Crippen molar-refractivity contribution in [2.75, 3.05) is 13.2 Å². The molecule has 2 rings (SSSR count). The molecular formula is C13H21N3O2. The molecule has 0 spiro atoms. The minimum atomic E-state index is 0.0281. The number of piperidine rings is 1. The van der Waals surface area contributed by atoms with Crippen molar-refractivity contribution < 1.29 is 9.90 Å². The number of rotatable bonds is 3. The second kappa shape index (κ2) is 5.52. The molecule has 0 aromatic carbocycles. The van der Waals surface area contributed by atoms with E-state index in [0.717, 1.165) is 19.4 Å². The van der Waals surface area contributed by atoms with E-state index in [1.165, 1.54) is 0 Å². The molecule has 1 N–H and O–H groups in total. The number of hydrogen-bond donors (Lipinski definition) is 1. The molecule has 5 nitrogen and oxygen atoms in total. The van der Waals surface area contributed by atoms with Gasteiger partial charge in [-0.25, -0.2) is 0 Å². The predicted molar refractivity (Wildman–Crippen MR) is 68.2 cm³/mol. The molecule has 0 saturated carbocycles. The van der Waals surface area contributed by atoms with E-state index < -0.39 is 0 Å². The molecular weight excluding hydrogens is 230 g/mol. The Morgan fingerprint density at radius 2 is 2.33 bits per heavy atom. The zero-order chi connectivity index (χ0) is 13.1. The van der Waals surface area contributed by atoms with E-state index >= 15 is 0 Å². The van der Waals surface area contributed by atoms with Crippen LogP contribution in [-0.4, -0.2) is 44.9 Å². The summed E-state index contributed by atoms with van der Waals surface area (Å²) in [5, 5.41) is 13.4. The van der Waals surface area contributed by atoms with E-state index in [0.29, 0.717) is 12.1 Å². The number of carbonyl (C=O) groups is 1. The van der Waals surface area contributed by atoms with E-state index in [9.17, 15) is 9.90 Å². The number of aryl methyl sites for hydroxylation is 1. The summed E-state index contributed by atoms with van der Waals surface area (Å²) in [4.78, 5) is 14.3. The number of aliphatic hydroxyl groups excluding tert-OH is 1. The third-order valence-corrected chi connectivity index (χ3v) is 3.70. The van der Waals surface area contributed by atoms with E-state index in [1.54, 1.807) is 17.1 Å². The Bertz CT molecular complexity index is 416. The maximum atomic E-state index is 12.4. The maximum Gasteiger partial charge on any atom is 0.257 e. The van der Waals surface area contributed by atoms with Crippen molar-refractivity contribution in [1.82, 2.24) is 14.7 Å². The van der Waals surface area contributed by atoms with Gasteiger partial charge in [-0.1, -0.05) is 0 Å². The Morgan fingerprint density at radius 3 is 2.94 bits per heavy atom. The number of carbonyl (C=O) groups excluding carboxylic acids is 1. The lowest BCUT2D eigenvalue weighted by molar-refractivity contribution is 0.0489. The maximum absolute atomic E-state index is 12.4. The minimum Gasteiger partial charge on any atom is -0.396 e. The van der Waals surface area contributed by atoms with Crippen molar-refractivity contribution in [3.63, 3.8) is 0 Å². The Morgan fingerprint density at radius 1 is 1.56 bits per heavy atom. The molecule has 2 unspecified atom stereocenters. The number of amides is 1. The SMILES string of the molecule is CCn1cc(C(=O)N2CC(CO)CCC2C)cn1. The van der Waals surface area contributed by atoms with Gasteiger partial charge in [-0.05, 0) is 32.6 Å². The van der Waals surface area contributed by atoms with Crippen molar-refractivity contribution in [2.45, 2.75) is 39.3 Å². The van der Waals surface area contributed by atoms with E-state index in [-0.39, 0.29) is 24.5 Å².